The first kappa shape index (κ1) is 18.4. The van der Waals surface area contributed by atoms with Crippen molar-refractivity contribution in [2.75, 3.05) is 13.1 Å². The van der Waals surface area contributed by atoms with Crippen molar-refractivity contribution in [2.45, 2.75) is 56.8 Å². The van der Waals surface area contributed by atoms with E-state index in [2.05, 4.69) is 5.32 Å². The summed E-state index contributed by atoms with van der Waals surface area (Å²) >= 11 is 0. The van der Waals surface area contributed by atoms with Crippen LogP contribution in [-0.4, -0.2) is 50.0 Å². The van der Waals surface area contributed by atoms with Gasteiger partial charge >= 0.3 is 0 Å². The van der Waals surface area contributed by atoms with Crippen molar-refractivity contribution >= 4 is 15.9 Å². The van der Waals surface area contributed by atoms with E-state index in [1.54, 1.807) is 12.1 Å². The summed E-state index contributed by atoms with van der Waals surface area (Å²) in [5, 5.41) is 2.98. The van der Waals surface area contributed by atoms with E-state index in [9.17, 15) is 13.2 Å². The van der Waals surface area contributed by atoms with Crippen LogP contribution in [0, 0.1) is 5.92 Å². The zero-order valence-electron chi connectivity index (χ0n) is 14.9. The van der Waals surface area contributed by atoms with Gasteiger partial charge in [0.25, 0.3) is 5.91 Å². The molecular formula is C18H26N2O4S. The summed E-state index contributed by atoms with van der Waals surface area (Å²) in [6.07, 6.45) is 2.06. The van der Waals surface area contributed by atoms with Gasteiger partial charge in [0.1, 0.15) is 0 Å². The molecule has 1 aromatic carbocycles. The van der Waals surface area contributed by atoms with E-state index in [1.807, 2.05) is 20.8 Å². The molecule has 3 atom stereocenters. The molecule has 0 spiro atoms. The molecule has 7 heteroatoms. The van der Waals surface area contributed by atoms with Gasteiger partial charge in [-0.25, -0.2) is 8.42 Å². The highest BCUT2D eigenvalue weighted by Gasteiger charge is 2.32. The number of carbonyl (C=O) groups is 1. The molecule has 0 unspecified atom stereocenters. The number of benzene rings is 1. The summed E-state index contributed by atoms with van der Waals surface area (Å²) in [6, 6.07) is 6.34. The molecule has 0 radical (unpaired) electrons. The fourth-order valence-corrected chi connectivity index (χ4v) is 4.85. The lowest BCUT2D eigenvalue weighted by Gasteiger charge is -2.34. The van der Waals surface area contributed by atoms with E-state index in [0.29, 0.717) is 24.6 Å². The van der Waals surface area contributed by atoms with Gasteiger partial charge < -0.3 is 10.1 Å². The molecular weight excluding hydrogens is 340 g/mol. The second-order valence-electron chi connectivity index (χ2n) is 7.20. The summed E-state index contributed by atoms with van der Waals surface area (Å²) in [7, 11) is -3.58. The molecule has 1 aromatic rings. The van der Waals surface area contributed by atoms with E-state index >= 15 is 0 Å². The average molecular weight is 366 g/mol. The second-order valence-corrected chi connectivity index (χ2v) is 9.14. The maximum Gasteiger partial charge on any atom is 0.251 e. The first-order valence-electron chi connectivity index (χ1n) is 8.84. The Morgan fingerprint density at radius 1 is 1.16 bits per heavy atom. The number of amides is 1. The second kappa shape index (κ2) is 7.05. The quantitative estimate of drug-likeness (QED) is 0.865. The van der Waals surface area contributed by atoms with Crippen LogP contribution in [0.25, 0.3) is 0 Å². The van der Waals surface area contributed by atoms with Crippen LogP contribution >= 0.6 is 0 Å². The van der Waals surface area contributed by atoms with Gasteiger partial charge in [-0.3, -0.25) is 4.79 Å². The van der Waals surface area contributed by atoms with Crippen molar-refractivity contribution in [3.63, 3.8) is 0 Å². The van der Waals surface area contributed by atoms with Crippen LogP contribution in [0.1, 0.15) is 44.0 Å². The van der Waals surface area contributed by atoms with Crippen molar-refractivity contribution in [2.24, 2.45) is 5.92 Å². The number of sulfonamides is 1. The van der Waals surface area contributed by atoms with E-state index in [4.69, 9.17) is 4.74 Å². The van der Waals surface area contributed by atoms with Gasteiger partial charge in [-0.2, -0.15) is 4.31 Å². The van der Waals surface area contributed by atoms with Crippen molar-refractivity contribution in [1.82, 2.24) is 9.62 Å². The van der Waals surface area contributed by atoms with Gasteiger partial charge in [-0.1, -0.05) is 0 Å². The third kappa shape index (κ3) is 4.22. The maximum absolute atomic E-state index is 12.8. The molecule has 2 aliphatic rings. The normalized spacial score (nSPS) is 26.2. The average Bonchev–Trinajstić information content (AvgIpc) is 3.39. The first-order chi connectivity index (χ1) is 11.8. The SMILES string of the molecule is C[C@H](NC(=O)c1ccc(S(=O)(=O)N2C[C@H](C)O[C@@H](C)C2)cc1)C1CC1. The minimum absolute atomic E-state index is 0.132. The summed E-state index contributed by atoms with van der Waals surface area (Å²) in [6.45, 7) is 6.43. The predicted octanol–water partition coefficient (Wildman–Crippen LogP) is 2.01. The Hall–Kier alpha value is -1.44. The smallest absolute Gasteiger partial charge is 0.251 e. The summed E-state index contributed by atoms with van der Waals surface area (Å²) in [5.41, 5.74) is 0.482. The Balaban J connectivity index is 1.71. The fraction of sp³-hybridized carbons (Fsp3) is 0.611. The number of ether oxygens (including phenoxy) is 1. The standard InChI is InChI=1S/C18H26N2O4S/c1-12-10-20(11-13(2)24-12)25(22,23)17-8-6-16(7-9-17)18(21)19-14(3)15-4-5-15/h6-9,12-15H,4-5,10-11H2,1-3H3,(H,19,21)/t12-,13-,14-/m0/s1. The van der Waals surface area contributed by atoms with Crippen LogP contribution in [0.5, 0.6) is 0 Å². The molecule has 1 aliphatic carbocycles. The lowest BCUT2D eigenvalue weighted by Crippen LogP contribution is -2.48. The Morgan fingerprint density at radius 3 is 2.24 bits per heavy atom. The van der Waals surface area contributed by atoms with E-state index in [0.717, 1.165) is 12.8 Å². The van der Waals surface area contributed by atoms with Crippen LogP contribution in [0.15, 0.2) is 29.2 Å². The number of carbonyl (C=O) groups excluding carboxylic acids is 1. The van der Waals surface area contributed by atoms with Crippen LogP contribution in [-0.2, 0) is 14.8 Å². The minimum Gasteiger partial charge on any atom is -0.373 e. The number of rotatable bonds is 5. The molecule has 1 amide bonds. The van der Waals surface area contributed by atoms with Crippen LogP contribution < -0.4 is 5.32 Å². The molecule has 138 valence electrons. The molecule has 1 saturated heterocycles. The number of nitrogens with zero attached hydrogens (tertiary/aromatic N) is 1. The number of hydrogen-bond donors (Lipinski definition) is 1. The van der Waals surface area contributed by atoms with Gasteiger partial charge in [0, 0.05) is 24.7 Å². The van der Waals surface area contributed by atoms with Crippen LogP contribution in [0.2, 0.25) is 0 Å². The minimum atomic E-state index is -3.58. The molecule has 1 N–H and O–H groups in total. The highest BCUT2D eigenvalue weighted by molar-refractivity contribution is 7.89. The molecule has 1 saturated carbocycles. The zero-order valence-corrected chi connectivity index (χ0v) is 15.8. The van der Waals surface area contributed by atoms with Crippen LogP contribution in [0.3, 0.4) is 0 Å². The molecule has 0 bridgehead atoms. The van der Waals surface area contributed by atoms with Crippen molar-refractivity contribution < 1.29 is 17.9 Å². The van der Waals surface area contributed by atoms with Crippen molar-refractivity contribution in [1.29, 1.82) is 0 Å². The predicted molar refractivity (Wildman–Crippen MR) is 94.9 cm³/mol. The lowest BCUT2D eigenvalue weighted by atomic mass is 10.1. The summed E-state index contributed by atoms with van der Waals surface area (Å²) < 4.78 is 32.7. The van der Waals surface area contributed by atoms with E-state index in [-0.39, 0.29) is 29.1 Å². The summed E-state index contributed by atoms with van der Waals surface area (Å²) in [4.78, 5) is 12.5. The zero-order chi connectivity index (χ0) is 18.2. The topological polar surface area (TPSA) is 75.7 Å². The molecule has 1 heterocycles. The highest BCUT2D eigenvalue weighted by Crippen LogP contribution is 2.32. The van der Waals surface area contributed by atoms with Crippen molar-refractivity contribution in [3.8, 4) is 0 Å². The maximum atomic E-state index is 12.8. The molecule has 25 heavy (non-hydrogen) atoms. The largest absolute Gasteiger partial charge is 0.373 e. The Kier molecular flexibility index (Phi) is 5.18. The molecule has 2 fully saturated rings. The molecule has 0 aromatic heterocycles. The van der Waals surface area contributed by atoms with Crippen LogP contribution in [0.4, 0.5) is 0 Å². The van der Waals surface area contributed by atoms with E-state index < -0.39 is 10.0 Å². The summed E-state index contributed by atoms with van der Waals surface area (Å²) in [5.74, 6) is 0.422. The Labute approximate surface area is 149 Å². The molecule has 3 rings (SSSR count). The Morgan fingerprint density at radius 2 is 1.72 bits per heavy atom. The lowest BCUT2D eigenvalue weighted by molar-refractivity contribution is -0.0440. The monoisotopic (exact) mass is 366 g/mol. The van der Waals surface area contributed by atoms with E-state index in [1.165, 1.54) is 16.4 Å². The third-order valence-corrected chi connectivity index (χ3v) is 6.67. The fourth-order valence-electron chi connectivity index (χ4n) is 3.26. The number of morpholine rings is 1. The number of hydrogen-bond acceptors (Lipinski definition) is 4. The van der Waals surface area contributed by atoms with Crippen molar-refractivity contribution in [3.05, 3.63) is 29.8 Å². The first-order valence-corrected chi connectivity index (χ1v) is 10.3. The molecule has 1 aliphatic heterocycles. The van der Waals surface area contributed by atoms with Gasteiger partial charge in [0.15, 0.2) is 0 Å². The van der Waals surface area contributed by atoms with Gasteiger partial charge in [0.05, 0.1) is 17.1 Å². The third-order valence-electron chi connectivity index (χ3n) is 4.83. The Bertz CT molecular complexity index is 718. The highest BCUT2D eigenvalue weighted by atomic mass is 32.2. The van der Waals surface area contributed by atoms with Gasteiger partial charge in [0.2, 0.25) is 10.0 Å². The van der Waals surface area contributed by atoms with Gasteiger partial charge in [-0.05, 0) is 63.8 Å². The number of nitrogens with one attached hydrogen (secondary N) is 1. The molecule has 6 nitrogen and oxygen atoms in total. The van der Waals surface area contributed by atoms with Gasteiger partial charge in [-0.15, -0.1) is 0 Å².